The highest BCUT2D eigenvalue weighted by molar-refractivity contribution is 9.10. The summed E-state index contributed by atoms with van der Waals surface area (Å²) >= 11 is 3.41. The zero-order chi connectivity index (χ0) is 14.8. The Morgan fingerprint density at radius 3 is 2.81 bits per heavy atom. The molecule has 0 amide bonds. The highest BCUT2D eigenvalue weighted by Crippen LogP contribution is 2.29. The van der Waals surface area contributed by atoms with Crippen molar-refractivity contribution in [2.45, 2.75) is 18.9 Å². The summed E-state index contributed by atoms with van der Waals surface area (Å²) < 4.78 is 6.20. The van der Waals surface area contributed by atoms with Gasteiger partial charge in [0.15, 0.2) is 5.69 Å². The number of ether oxygens (including phenoxy) is 1. The smallest absolute Gasteiger partial charge is 0.358 e. The largest absolute Gasteiger partial charge is 0.476 e. The lowest BCUT2D eigenvalue weighted by Crippen LogP contribution is -2.29. The van der Waals surface area contributed by atoms with Crippen LogP contribution in [0.2, 0.25) is 0 Å². The first kappa shape index (κ1) is 14.2. The first-order valence-electron chi connectivity index (χ1n) is 6.68. The molecule has 0 aliphatic carbocycles. The van der Waals surface area contributed by atoms with Crippen LogP contribution in [0.5, 0.6) is 0 Å². The van der Waals surface area contributed by atoms with E-state index in [1.807, 2.05) is 18.2 Å². The van der Waals surface area contributed by atoms with E-state index < -0.39 is 5.97 Å². The average Bonchev–Trinajstić information content (AvgIpc) is 2.48. The second-order valence-electron chi connectivity index (χ2n) is 4.92. The molecule has 0 radical (unpaired) electrons. The van der Waals surface area contributed by atoms with Gasteiger partial charge in [-0.05, 0) is 31.0 Å². The number of nitrogens with one attached hydrogen (secondary N) is 1. The van der Waals surface area contributed by atoms with Crippen LogP contribution in [-0.2, 0) is 4.74 Å². The van der Waals surface area contributed by atoms with E-state index in [2.05, 4.69) is 31.4 Å². The van der Waals surface area contributed by atoms with Gasteiger partial charge in [0.05, 0.1) is 11.2 Å². The zero-order valence-electron chi connectivity index (χ0n) is 11.2. The lowest BCUT2D eigenvalue weighted by atomic mass is 10.1. The van der Waals surface area contributed by atoms with Crippen molar-refractivity contribution in [2.75, 3.05) is 18.5 Å². The fourth-order valence-corrected chi connectivity index (χ4v) is 2.78. The molecule has 6 nitrogen and oxygen atoms in total. The summed E-state index contributed by atoms with van der Waals surface area (Å²) in [6, 6.07) is 5.71. The van der Waals surface area contributed by atoms with Gasteiger partial charge < -0.3 is 15.2 Å². The molecular weight excluding hydrogens is 338 g/mol. The molecule has 0 unspecified atom stereocenters. The highest BCUT2D eigenvalue weighted by atomic mass is 79.9. The van der Waals surface area contributed by atoms with Gasteiger partial charge in [0.2, 0.25) is 0 Å². The number of nitrogens with zero attached hydrogens (tertiary/aromatic N) is 2. The molecule has 3 rings (SSSR count). The van der Waals surface area contributed by atoms with E-state index in [0.29, 0.717) is 24.4 Å². The van der Waals surface area contributed by atoms with Gasteiger partial charge in [-0.3, -0.25) is 0 Å². The number of anilines is 1. The van der Waals surface area contributed by atoms with Crippen LogP contribution >= 0.6 is 15.9 Å². The molecule has 2 N–H and O–H groups in total. The Bertz CT molecular complexity index is 686. The number of halogens is 1. The van der Waals surface area contributed by atoms with Crippen LogP contribution in [0.3, 0.4) is 0 Å². The number of fused-ring (bicyclic) bond motifs is 1. The van der Waals surface area contributed by atoms with Gasteiger partial charge in [-0.2, -0.15) is 0 Å². The number of hydrogen-bond acceptors (Lipinski definition) is 5. The van der Waals surface area contributed by atoms with Crippen LogP contribution < -0.4 is 5.32 Å². The molecule has 110 valence electrons. The number of carboxylic acid groups (broad SMARTS) is 1. The number of carbonyl (C=O) groups is 1. The fraction of sp³-hybridized carbons (Fsp3) is 0.357. The number of aromatic nitrogens is 2. The standard InChI is InChI=1S/C14H14BrN3O3/c15-8-1-2-11-10(7-8)12(13(14(19)20)18-17-11)16-9-3-5-21-6-4-9/h1-2,7,9H,3-6H2,(H,16,17)(H,19,20). The summed E-state index contributed by atoms with van der Waals surface area (Å²) in [6.45, 7) is 1.36. The van der Waals surface area contributed by atoms with E-state index in [1.54, 1.807) is 0 Å². The molecule has 1 fully saturated rings. The monoisotopic (exact) mass is 351 g/mol. The fourth-order valence-electron chi connectivity index (χ4n) is 2.42. The van der Waals surface area contributed by atoms with Crippen molar-refractivity contribution in [1.29, 1.82) is 0 Å². The van der Waals surface area contributed by atoms with Crippen LogP contribution in [0.4, 0.5) is 5.69 Å². The molecule has 2 aromatic rings. The SMILES string of the molecule is O=C(O)c1nnc2ccc(Br)cc2c1NC1CCOCC1. The molecule has 0 saturated carbocycles. The van der Waals surface area contributed by atoms with Gasteiger partial charge >= 0.3 is 5.97 Å². The van der Waals surface area contributed by atoms with Gasteiger partial charge in [0, 0.05) is 29.1 Å². The van der Waals surface area contributed by atoms with Gasteiger partial charge in [0.25, 0.3) is 0 Å². The average molecular weight is 352 g/mol. The first-order valence-corrected chi connectivity index (χ1v) is 7.48. The molecule has 0 bridgehead atoms. The summed E-state index contributed by atoms with van der Waals surface area (Å²) in [7, 11) is 0. The van der Waals surface area contributed by atoms with Crippen LogP contribution in [0, 0.1) is 0 Å². The minimum atomic E-state index is -1.08. The Morgan fingerprint density at radius 2 is 2.10 bits per heavy atom. The molecule has 7 heteroatoms. The Hall–Kier alpha value is -1.73. The molecule has 2 heterocycles. The van der Waals surface area contributed by atoms with E-state index in [4.69, 9.17) is 4.74 Å². The highest BCUT2D eigenvalue weighted by Gasteiger charge is 2.21. The number of hydrogen-bond donors (Lipinski definition) is 2. The van der Waals surface area contributed by atoms with Crippen molar-refractivity contribution in [1.82, 2.24) is 10.2 Å². The second-order valence-corrected chi connectivity index (χ2v) is 5.84. The predicted molar refractivity (Wildman–Crippen MR) is 81.7 cm³/mol. The molecule has 1 aromatic heterocycles. The maximum atomic E-state index is 11.4. The van der Waals surface area contributed by atoms with Crippen molar-refractivity contribution in [3.05, 3.63) is 28.4 Å². The van der Waals surface area contributed by atoms with Crippen LogP contribution in [0.1, 0.15) is 23.3 Å². The summed E-state index contributed by atoms with van der Waals surface area (Å²) in [5, 5.41) is 21.2. The maximum Gasteiger partial charge on any atom is 0.358 e. The van der Waals surface area contributed by atoms with Gasteiger partial charge in [0.1, 0.15) is 0 Å². The minimum Gasteiger partial charge on any atom is -0.476 e. The van der Waals surface area contributed by atoms with E-state index in [0.717, 1.165) is 22.7 Å². The van der Waals surface area contributed by atoms with Crippen LogP contribution in [0.25, 0.3) is 10.9 Å². The first-order chi connectivity index (χ1) is 10.1. The normalized spacial score (nSPS) is 16.0. The molecule has 0 spiro atoms. The quantitative estimate of drug-likeness (QED) is 0.884. The van der Waals surface area contributed by atoms with Gasteiger partial charge in [-0.25, -0.2) is 4.79 Å². The third kappa shape index (κ3) is 2.98. The number of aromatic carboxylic acids is 1. The molecule has 1 saturated heterocycles. The summed E-state index contributed by atoms with van der Waals surface area (Å²) in [5.74, 6) is -1.08. The van der Waals surface area contributed by atoms with Crippen molar-refractivity contribution in [3.8, 4) is 0 Å². The van der Waals surface area contributed by atoms with Crippen molar-refractivity contribution < 1.29 is 14.6 Å². The molecule has 1 aliphatic rings. The van der Waals surface area contributed by atoms with E-state index >= 15 is 0 Å². The minimum absolute atomic E-state index is 0.0490. The Morgan fingerprint density at radius 1 is 1.33 bits per heavy atom. The lowest BCUT2D eigenvalue weighted by Gasteiger charge is -2.25. The number of carboxylic acids is 1. The second kappa shape index (κ2) is 5.95. The van der Waals surface area contributed by atoms with E-state index in [1.165, 1.54) is 0 Å². The number of benzene rings is 1. The molecular formula is C14H14BrN3O3. The topological polar surface area (TPSA) is 84.3 Å². The Labute approximate surface area is 129 Å². The molecule has 0 atom stereocenters. The Kier molecular flexibility index (Phi) is 4.03. The van der Waals surface area contributed by atoms with Crippen molar-refractivity contribution >= 4 is 38.5 Å². The lowest BCUT2D eigenvalue weighted by molar-refractivity contribution is 0.0690. The zero-order valence-corrected chi connectivity index (χ0v) is 12.8. The van der Waals surface area contributed by atoms with Crippen molar-refractivity contribution in [3.63, 3.8) is 0 Å². The third-order valence-electron chi connectivity index (χ3n) is 3.49. The summed E-state index contributed by atoms with van der Waals surface area (Å²) in [5.41, 5.74) is 1.14. The van der Waals surface area contributed by atoms with Crippen LogP contribution in [0.15, 0.2) is 22.7 Å². The summed E-state index contributed by atoms with van der Waals surface area (Å²) in [6.07, 6.45) is 1.69. The molecule has 1 aliphatic heterocycles. The number of rotatable bonds is 3. The maximum absolute atomic E-state index is 11.4. The predicted octanol–water partition coefficient (Wildman–Crippen LogP) is 2.68. The van der Waals surface area contributed by atoms with Gasteiger partial charge in [-0.15, -0.1) is 10.2 Å². The Balaban J connectivity index is 2.08. The molecule has 1 aromatic carbocycles. The summed E-state index contributed by atoms with van der Waals surface area (Å²) in [4.78, 5) is 11.4. The third-order valence-corrected chi connectivity index (χ3v) is 3.99. The van der Waals surface area contributed by atoms with Crippen molar-refractivity contribution in [2.24, 2.45) is 0 Å². The van der Waals surface area contributed by atoms with Gasteiger partial charge in [-0.1, -0.05) is 15.9 Å². The van der Waals surface area contributed by atoms with E-state index in [-0.39, 0.29) is 11.7 Å². The van der Waals surface area contributed by atoms with E-state index in [9.17, 15) is 9.90 Å². The molecule has 21 heavy (non-hydrogen) atoms. The van der Waals surface area contributed by atoms with Crippen LogP contribution in [-0.4, -0.2) is 40.5 Å².